The number of hydrogen-bond acceptors (Lipinski definition) is 8. The van der Waals surface area contributed by atoms with E-state index in [4.69, 9.17) is 9.84 Å². The minimum atomic E-state index is -4.16. The minimum absolute atomic E-state index is 0.0487. The standard InChI is InChI=1S/C15H16N4O6S2/c1-25-11-7-12(26-2)17-14(16-11)18-15(22)19-27(23,24)8-9-5-3-4-6-10(9)13(20)21/h3-7H,8H2,1-2H3,(H,20,21)(H2,16,17,18,19,22). The molecule has 0 radical (unpaired) electrons. The first kappa shape index (κ1) is 20.5. The third-order valence-electron chi connectivity index (χ3n) is 3.16. The van der Waals surface area contributed by atoms with E-state index in [1.54, 1.807) is 17.0 Å². The van der Waals surface area contributed by atoms with Crippen LogP contribution in [0.25, 0.3) is 0 Å². The fourth-order valence-corrected chi connectivity index (χ4v) is 3.50. The highest BCUT2D eigenvalue weighted by Gasteiger charge is 2.20. The third-order valence-corrected chi connectivity index (χ3v) is 4.98. The number of thioether (sulfide) groups is 1. The Labute approximate surface area is 159 Å². The fourth-order valence-electron chi connectivity index (χ4n) is 2.03. The van der Waals surface area contributed by atoms with Crippen molar-refractivity contribution < 1.29 is 27.9 Å². The first-order chi connectivity index (χ1) is 12.7. The molecular weight excluding hydrogens is 396 g/mol. The van der Waals surface area contributed by atoms with Crippen molar-refractivity contribution in [1.29, 1.82) is 0 Å². The van der Waals surface area contributed by atoms with E-state index >= 15 is 0 Å². The number of ether oxygens (including phenoxy) is 1. The number of nitrogens with zero attached hydrogens (tertiary/aromatic N) is 2. The number of amides is 2. The van der Waals surface area contributed by atoms with Crippen LogP contribution in [-0.2, 0) is 15.8 Å². The molecular formula is C15H16N4O6S2. The summed E-state index contributed by atoms with van der Waals surface area (Å²) < 4.78 is 31.2. The quantitative estimate of drug-likeness (QED) is 0.455. The number of hydrogen-bond donors (Lipinski definition) is 3. The molecule has 1 heterocycles. The highest BCUT2D eigenvalue weighted by atomic mass is 32.2. The summed E-state index contributed by atoms with van der Waals surface area (Å²) in [6, 6.07) is 6.09. The van der Waals surface area contributed by atoms with Gasteiger partial charge in [0.1, 0.15) is 5.03 Å². The molecule has 0 unspecified atom stereocenters. The Bertz CT molecular complexity index is 942. The second-order valence-corrected chi connectivity index (χ2v) is 7.60. The van der Waals surface area contributed by atoms with E-state index in [1.165, 1.54) is 43.1 Å². The number of methoxy groups -OCH3 is 1. The number of carbonyl (C=O) groups excluding carboxylic acids is 1. The van der Waals surface area contributed by atoms with Crippen LogP contribution in [0.1, 0.15) is 15.9 Å². The molecule has 1 aromatic heterocycles. The summed E-state index contributed by atoms with van der Waals surface area (Å²) in [4.78, 5) is 31.1. The van der Waals surface area contributed by atoms with Gasteiger partial charge in [-0.25, -0.2) is 27.7 Å². The average Bonchev–Trinajstić information content (AvgIpc) is 2.60. The van der Waals surface area contributed by atoms with Gasteiger partial charge in [0.15, 0.2) is 0 Å². The molecule has 12 heteroatoms. The molecule has 0 bridgehead atoms. The van der Waals surface area contributed by atoms with Crippen LogP contribution in [0.15, 0.2) is 35.4 Å². The number of carboxylic acids is 1. The molecule has 0 aliphatic heterocycles. The maximum absolute atomic E-state index is 12.2. The summed E-state index contributed by atoms with van der Waals surface area (Å²) in [6.07, 6.45) is 1.76. The predicted molar refractivity (Wildman–Crippen MR) is 98.5 cm³/mol. The van der Waals surface area contributed by atoms with Gasteiger partial charge in [0.05, 0.1) is 18.4 Å². The van der Waals surface area contributed by atoms with Gasteiger partial charge in [0, 0.05) is 6.07 Å². The zero-order valence-corrected chi connectivity index (χ0v) is 15.9. The van der Waals surface area contributed by atoms with Crippen molar-refractivity contribution in [1.82, 2.24) is 14.7 Å². The van der Waals surface area contributed by atoms with E-state index in [-0.39, 0.29) is 23.0 Å². The lowest BCUT2D eigenvalue weighted by Crippen LogP contribution is -2.36. The maximum Gasteiger partial charge on any atom is 0.335 e. The summed E-state index contributed by atoms with van der Waals surface area (Å²) in [5, 5.41) is 11.8. The molecule has 0 fully saturated rings. The van der Waals surface area contributed by atoms with Gasteiger partial charge in [0.2, 0.25) is 21.9 Å². The smallest absolute Gasteiger partial charge is 0.335 e. The van der Waals surface area contributed by atoms with E-state index in [0.717, 1.165) is 0 Å². The van der Waals surface area contributed by atoms with Gasteiger partial charge in [-0.1, -0.05) is 18.2 Å². The average molecular weight is 412 g/mol. The predicted octanol–water partition coefficient (Wildman–Crippen LogP) is 1.56. The number of nitrogens with one attached hydrogen (secondary N) is 2. The molecule has 144 valence electrons. The summed E-state index contributed by atoms with van der Waals surface area (Å²) in [5.74, 6) is -1.89. The van der Waals surface area contributed by atoms with Crippen molar-refractivity contribution in [2.24, 2.45) is 0 Å². The van der Waals surface area contributed by atoms with Gasteiger partial charge in [-0.3, -0.25) is 5.32 Å². The number of sulfonamides is 1. The monoisotopic (exact) mass is 412 g/mol. The maximum atomic E-state index is 12.2. The van der Waals surface area contributed by atoms with E-state index in [9.17, 15) is 18.0 Å². The van der Waals surface area contributed by atoms with Crippen molar-refractivity contribution in [3.05, 3.63) is 41.5 Å². The van der Waals surface area contributed by atoms with Crippen molar-refractivity contribution >= 4 is 39.7 Å². The van der Waals surface area contributed by atoms with Crippen LogP contribution in [0.5, 0.6) is 5.88 Å². The zero-order valence-electron chi connectivity index (χ0n) is 14.3. The van der Waals surface area contributed by atoms with E-state index in [0.29, 0.717) is 5.03 Å². The van der Waals surface area contributed by atoms with Crippen molar-refractivity contribution in [2.75, 3.05) is 18.7 Å². The number of urea groups is 1. The normalized spacial score (nSPS) is 10.9. The topological polar surface area (TPSA) is 148 Å². The number of carbonyl (C=O) groups is 2. The molecule has 2 aromatic rings. The van der Waals surface area contributed by atoms with Gasteiger partial charge in [-0.15, -0.1) is 11.8 Å². The molecule has 2 amide bonds. The molecule has 0 saturated heterocycles. The number of aromatic nitrogens is 2. The lowest BCUT2D eigenvalue weighted by molar-refractivity contribution is 0.0696. The van der Waals surface area contributed by atoms with Crippen LogP contribution < -0.4 is 14.8 Å². The molecule has 0 aliphatic carbocycles. The summed E-state index contributed by atoms with van der Waals surface area (Å²) in [7, 11) is -2.77. The van der Waals surface area contributed by atoms with Gasteiger partial charge in [-0.2, -0.15) is 4.98 Å². The number of rotatable bonds is 7. The van der Waals surface area contributed by atoms with Crippen LogP contribution in [-0.4, -0.2) is 48.9 Å². The van der Waals surface area contributed by atoms with Crippen LogP contribution in [0.2, 0.25) is 0 Å². The Morgan fingerprint density at radius 2 is 1.96 bits per heavy atom. The van der Waals surface area contributed by atoms with Gasteiger partial charge >= 0.3 is 12.0 Å². The van der Waals surface area contributed by atoms with Gasteiger partial charge < -0.3 is 9.84 Å². The zero-order chi connectivity index (χ0) is 20.0. The number of benzene rings is 1. The fraction of sp³-hybridized carbons (Fsp3) is 0.200. The summed E-state index contributed by atoms with van der Waals surface area (Å²) in [6.45, 7) is 0. The van der Waals surface area contributed by atoms with E-state index in [1.807, 2.05) is 0 Å². The Morgan fingerprint density at radius 1 is 1.26 bits per heavy atom. The molecule has 1 aromatic carbocycles. The molecule has 0 atom stereocenters. The lowest BCUT2D eigenvalue weighted by atomic mass is 10.1. The second-order valence-electron chi connectivity index (χ2n) is 5.05. The Balaban J connectivity index is 2.12. The first-order valence-electron chi connectivity index (χ1n) is 7.34. The number of aromatic carboxylic acids is 1. The molecule has 0 spiro atoms. The highest BCUT2D eigenvalue weighted by Crippen LogP contribution is 2.19. The second kappa shape index (κ2) is 8.68. The molecule has 3 N–H and O–H groups in total. The number of carboxylic acid groups (broad SMARTS) is 1. The van der Waals surface area contributed by atoms with Crippen LogP contribution in [0.4, 0.5) is 10.7 Å². The third kappa shape index (κ3) is 5.82. The largest absolute Gasteiger partial charge is 0.481 e. The molecule has 10 nitrogen and oxygen atoms in total. The lowest BCUT2D eigenvalue weighted by Gasteiger charge is -2.10. The molecule has 0 aliphatic rings. The Hall–Kier alpha value is -2.86. The highest BCUT2D eigenvalue weighted by molar-refractivity contribution is 7.98. The van der Waals surface area contributed by atoms with Gasteiger partial charge in [0.25, 0.3) is 0 Å². The minimum Gasteiger partial charge on any atom is -0.481 e. The summed E-state index contributed by atoms with van der Waals surface area (Å²) >= 11 is 1.28. The van der Waals surface area contributed by atoms with E-state index < -0.39 is 27.8 Å². The first-order valence-corrected chi connectivity index (χ1v) is 10.2. The molecule has 0 saturated carbocycles. The van der Waals surface area contributed by atoms with Crippen molar-refractivity contribution in [2.45, 2.75) is 10.8 Å². The summed E-state index contributed by atoms with van der Waals surface area (Å²) in [5.41, 5.74) is -0.114. The SMILES string of the molecule is COc1cc(SC)nc(NC(=O)NS(=O)(=O)Cc2ccccc2C(=O)O)n1. The Morgan fingerprint density at radius 3 is 2.59 bits per heavy atom. The van der Waals surface area contributed by atoms with Crippen molar-refractivity contribution in [3.63, 3.8) is 0 Å². The Kier molecular flexibility index (Phi) is 6.58. The molecule has 27 heavy (non-hydrogen) atoms. The van der Waals surface area contributed by atoms with Gasteiger partial charge in [-0.05, 0) is 17.9 Å². The number of anilines is 1. The molecule has 2 rings (SSSR count). The van der Waals surface area contributed by atoms with Crippen LogP contribution >= 0.6 is 11.8 Å². The van der Waals surface area contributed by atoms with Crippen LogP contribution in [0, 0.1) is 0 Å². The van der Waals surface area contributed by atoms with Crippen LogP contribution in [0.3, 0.4) is 0 Å². The van der Waals surface area contributed by atoms with E-state index in [2.05, 4.69) is 15.3 Å². The van der Waals surface area contributed by atoms with Crippen molar-refractivity contribution in [3.8, 4) is 5.88 Å².